The van der Waals surface area contributed by atoms with E-state index >= 15 is 0 Å². The van der Waals surface area contributed by atoms with Crippen LogP contribution in [0.3, 0.4) is 0 Å². The summed E-state index contributed by atoms with van der Waals surface area (Å²) in [6, 6.07) is 12.1. The zero-order valence-corrected chi connectivity index (χ0v) is 19.9. The van der Waals surface area contributed by atoms with Gasteiger partial charge in [0.1, 0.15) is 5.82 Å². The number of carbonyl (C=O) groups is 2. The third-order valence-corrected chi connectivity index (χ3v) is 6.72. The predicted octanol–water partition coefficient (Wildman–Crippen LogP) is 2.69. The fourth-order valence-electron chi connectivity index (χ4n) is 3.81. The molecule has 1 aliphatic carbocycles. The summed E-state index contributed by atoms with van der Waals surface area (Å²) in [5.74, 6) is 0.844. The van der Waals surface area contributed by atoms with Crippen LogP contribution in [0.5, 0.6) is 0 Å². The number of rotatable bonds is 10. The molecule has 1 fully saturated rings. The minimum absolute atomic E-state index is 0.0172. The smallest absolute Gasteiger partial charge is 0.238 e. The van der Waals surface area contributed by atoms with Gasteiger partial charge in [-0.15, -0.1) is 0 Å². The van der Waals surface area contributed by atoms with Crippen molar-refractivity contribution < 1.29 is 18.0 Å². The largest absolute Gasteiger partial charge is 0.352 e. The van der Waals surface area contributed by atoms with E-state index in [4.69, 9.17) is 5.14 Å². The lowest BCUT2D eigenvalue weighted by Gasteiger charge is -2.09. The van der Waals surface area contributed by atoms with Crippen LogP contribution in [0.4, 0.5) is 5.69 Å². The molecule has 0 saturated heterocycles. The lowest BCUT2D eigenvalue weighted by atomic mass is 10.2. The average molecular weight is 484 g/mol. The topological polar surface area (TPSA) is 136 Å². The van der Waals surface area contributed by atoms with Gasteiger partial charge in [0.15, 0.2) is 0 Å². The zero-order valence-electron chi connectivity index (χ0n) is 19.1. The summed E-state index contributed by atoms with van der Waals surface area (Å²) >= 11 is 0. The van der Waals surface area contributed by atoms with E-state index in [1.807, 2.05) is 35.8 Å². The molecule has 1 aromatic heterocycles. The second-order valence-corrected chi connectivity index (χ2v) is 10.2. The second kappa shape index (κ2) is 9.94. The number of imidazole rings is 1. The monoisotopic (exact) mass is 483 g/mol. The third-order valence-electron chi connectivity index (χ3n) is 5.81. The molecule has 1 heterocycles. The highest BCUT2D eigenvalue weighted by Crippen LogP contribution is 2.30. The number of aromatic nitrogens is 2. The summed E-state index contributed by atoms with van der Waals surface area (Å²) in [5.41, 5.74) is 3.06. The molecule has 10 heteroatoms. The fraction of sp³-hybridized carbons (Fsp3) is 0.375. The minimum atomic E-state index is -3.81. The average Bonchev–Trinajstić information content (AvgIpc) is 3.60. The van der Waals surface area contributed by atoms with Gasteiger partial charge in [0.25, 0.3) is 0 Å². The predicted molar refractivity (Wildman–Crippen MR) is 129 cm³/mol. The van der Waals surface area contributed by atoms with E-state index in [2.05, 4.69) is 15.6 Å². The molecule has 0 unspecified atom stereocenters. The van der Waals surface area contributed by atoms with Gasteiger partial charge in [-0.2, -0.15) is 0 Å². The van der Waals surface area contributed by atoms with Crippen molar-refractivity contribution in [1.82, 2.24) is 14.9 Å². The van der Waals surface area contributed by atoms with E-state index in [9.17, 15) is 18.0 Å². The standard InChI is InChI=1S/C24H29N5O4S/c1-2-13-29-21-10-9-19(34(25,32)33)14-20(21)28-22(29)11-12-23(30)26-15-16-3-7-18(8-4-16)27-24(31)17-5-6-17/h3-4,7-10,14,17H,2,5-6,11-13,15H2,1H3,(H,26,30)(H,27,31)(H2,25,32,33). The lowest BCUT2D eigenvalue weighted by Crippen LogP contribution is -2.23. The SMILES string of the molecule is CCCn1c(CCC(=O)NCc2ccc(NC(=O)C3CC3)cc2)nc2cc(S(N)(=O)=O)ccc21. The van der Waals surface area contributed by atoms with Crippen LogP contribution in [0.2, 0.25) is 0 Å². The van der Waals surface area contributed by atoms with Gasteiger partial charge < -0.3 is 15.2 Å². The van der Waals surface area contributed by atoms with Crippen molar-refractivity contribution in [3.05, 3.63) is 53.9 Å². The number of nitrogens with two attached hydrogens (primary N) is 1. The molecule has 34 heavy (non-hydrogen) atoms. The summed E-state index contributed by atoms with van der Waals surface area (Å²) < 4.78 is 25.3. The zero-order chi connectivity index (χ0) is 24.3. The molecule has 3 aromatic rings. The van der Waals surface area contributed by atoms with Gasteiger partial charge >= 0.3 is 0 Å². The van der Waals surface area contributed by atoms with E-state index in [1.165, 1.54) is 12.1 Å². The first kappa shape index (κ1) is 23.9. The Bertz CT molecular complexity index is 1310. The number of nitrogens with zero attached hydrogens (tertiary/aromatic N) is 2. The normalized spacial score (nSPS) is 13.7. The first-order valence-electron chi connectivity index (χ1n) is 11.4. The number of hydrogen-bond acceptors (Lipinski definition) is 5. The Morgan fingerprint density at radius 3 is 2.53 bits per heavy atom. The molecular weight excluding hydrogens is 454 g/mol. The van der Waals surface area contributed by atoms with Crippen LogP contribution >= 0.6 is 0 Å². The molecule has 0 aliphatic heterocycles. The van der Waals surface area contributed by atoms with Crippen LogP contribution in [0.15, 0.2) is 47.4 Å². The number of anilines is 1. The maximum absolute atomic E-state index is 12.5. The Labute approximate surface area is 198 Å². The molecule has 0 spiro atoms. The lowest BCUT2D eigenvalue weighted by molar-refractivity contribution is -0.121. The van der Waals surface area contributed by atoms with Crippen molar-refractivity contribution in [2.24, 2.45) is 11.1 Å². The number of benzene rings is 2. The Balaban J connectivity index is 1.35. The van der Waals surface area contributed by atoms with Gasteiger partial charge in [0, 0.05) is 37.5 Å². The molecule has 0 radical (unpaired) electrons. The van der Waals surface area contributed by atoms with E-state index in [-0.39, 0.29) is 29.0 Å². The first-order chi connectivity index (χ1) is 16.2. The molecule has 4 rings (SSSR count). The van der Waals surface area contributed by atoms with Crippen LogP contribution < -0.4 is 15.8 Å². The molecule has 0 bridgehead atoms. The molecule has 180 valence electrons. The van der Waals surface area contributed by atoms with Crippen molar-refractivity contribution >= 4 is 38.6 Å². The summed E-state index contributed by atoms with van der Waals surface area (Å²) in [6.07, 6.45) is 3.48. The van der Waals surface area contributed by atoms with Crippen molar-refractivity contribution in [1.29, 1.82) is 0 Å². The number of nitrogens with one attached hydrogen (secondary N) is 2. The Morgan fingerprint density at radius 1 is 1.15 bits per heavy atom. The van der Waals surface area contributed by atoms with Crippen molar-refractivity contribution in [3.8, 4) is 0 Å². The number of fused-ring (bicyclic) bond motifs is 1. The molecule has 9 nitrogen and oxygen atoms in total. The summed E-state index contributed by atoms with van der Waals surface area (Å²) in [7, 11) is -3.81. The molecule has 2 aromatic carbocycles. The summed E-state index contributed by atoms with van der Waals surface area (Å²) in [6.45, 7) is 3.15. The van der Waals surface area contributed by atoms with E-state index in [1.54, 1.807) is 6.07 Å². The number of sulfonamides is 1. The van der Waals surface area contributed by atoms with Crippen molar-refractivity contribution in [2.75, 3.05) is 5.32 Å². The highest BCUT2D eigenvalue weighted by atomic mass is 32.2. The summed E-state index contributed by atoms with van der Waals surface area (Å²) in [4.78, 5) is 28.9. The van der Waals surface area contributed by atoms with Gasteiger partial charge in [0.05, 0.1) is 15.9 Å². The number of hydrogen-bond donors (Lipinski definition) is 3. The molecule has 2 amide bonds. The first-order valence-corrected chi connectivity index (χ1v) is 13.0. The van der Waals surface area contributed by atoms with Crippen LogP contribution in [0.25, 0.3) is 11.0 Å². The summed E-state index contributed by atoms with van der Waals surface area (Å²) in [5, 5.41) is 11.1. The number of primary sulfonamides is 1. The Hall–Kier alpha value is -3.24. The maximum Gasteiger partial charge on any atom is 0.238 e. The molecule has 1 saturated carbocycles. The van der Waals surface area contributed by atoms with Gasteiger partial charge in [-0.05, 0) is 55.2 Å². The minimum Gasteiger partial charge on any atom is -0.352 e. The molecular formula is C24H29N5O4S. The van der Waals surface area contributed by atoms with E-state index < -0.39 is 10.0 Å². The van der Waals surface area contributed by atoms with Gasteiger partial charge in [0.2, 0.25) is 21.8 Å². The van der Waals surface area contributed by atoms with Crippen LogP contribution in [0.1, 0.15) is 44.0 Å². The Kier molecular flexibility index (Phi) is 6.99. The highest BCUT2D eigenvalue weighted by molar-refractivity contribution is 7.89. The number of aryl methyl sites for hydroxylation is 2. The van der Waals surface area contributed by atoms with Crippen LogP contribution in [-0.2, 0) is 39.1 Å². The van der Waals surface area contributed by atoms with Crippen molar-refractivity contribution in [2.45, 2.75) is 57.0 Å². The molecule has 0 atom stereocenters. The van der Waals surface area contributed by atoms with Crippen molar-refractivity contribution in [3.63, 3.8) is 0 Å². The highest BCUT2D eigenvalue weighted by Gasteiger charge is 2.29. The van der Waals surface area contributed by atoms with E-state index in [0.717, 1.165) is 41.9 Å². The van der Waals surface area contributed by atoms with Crippen LogP contribution in [0, 0.1) is 5.92 Å². The second-order valence-electron chi connectivity index (χ2n) is 8.61. The van der Waals surface area contributed by atoms with Gasteiger partial charge in [-0.3, -0.25) is 9.59 Å². The molecule has 4 N–H and O–H groups in total. The maximum atomic E-state index is 12.5. The fourth-order valence-corrected chi connectivity index (χ4v) is 4.34. The van der Waals surface area contributed by atoms with Gasteiger partial charge in [-0.25, -0.2) is 18.5 Å². The Morgan fingerprint density at radius 2 is 1.88 bits per heavy atom. The van der Waals surface area contributed by atoms with E-state index in [0.29, 0.717) is 25.0 Å². The third kappa shape index (κ3) is 5.81. The number of carbonyl (C=O) groups excluding carboxylic acids is 2. The quantitative estimate of drug-likeness (QED) is 0.407. The molecule has 1 aliphatic rings. The van der Waals surface area contributed by atoms with Crippen LogP contribution in [-0.4, -0.2) is 29.8 Å². The van der Waals surface area contributed by atoms with Gasteiger partial charge in [-0.1, -0.05) is 19.1 Å². The number of amides is 2.